The van der Waals surface area contributed by atoms with Crippen LogP contribution in [0.25, 0.3) is 0 Å². The molecule has 11 heteroatoms. The number of nitrogens with zero attached hydrogens (tertiary/aromatic N) is 1. The van der Waals surface area contributed by atoms with Gasteiger partial charge in [0.05, 0.1) is 17.7 Å². The Bertz CT molecular complexity index is 778. The number of anilines is 1. The van der Waals surface area contributed by atoms with Gasteiger partial charge in [-0.05, 0) is 35.7 Å². The fourth-order valence-corrected chi connectivity index (χ4v) is 2.93. The summed E-state index contributed by atoms with van der Waals surface area (Å²) in [7, 11) is 0. The number of carbonyl (C=O) groups is 2. The highest BCUT2D eigenvalue weighted by Crippen LogP contribution is 2.24. The van der Waals surface area contributed by atoms with Gasteiger partial charge in [-0.15, -0.1) is 36.3 Å². The summed E-state index contributed by atoms with van der Waals surface area (Å²) in [6.07, 6.45) is -3.25. The van der Waals surface area contributed by atoms with Crippen LogP contribution in [0.5, 0.6) is 5.75 Å². The van der Waals surface area contributed by atoms with Crippen LogP contribution >= 0.6 is 23.1 Å². The maximum Gasteiger partial charge on any atom is 0.573 e. The fraction of sp³-hybridized carbons (Fsp3) is 0.188. The minimum absolute atomic E-state index is 0.00284. The van der Waals surface area contributed by atoms with Crippen LogP contribution in [0.1, 0.15) is 4.88 Å². The summed E-state index contributed by atoms with van der Waals surface area (Å²) >= 11 is 2.56. The Morgan fingerprint density at radius 1 is 1.15 bits per heavy atom. The van der Waals surface area contributed by atoms with Gasteiger partial charge < -0.3 is 10.1 Å². The Kier molecular flexibility index (Phi) is 7.67. The topological polar surface area (TPSA) is 79.8 Å². The van der Waals surface area contributed by atoms with Crippen LogP contribution in [0.15, 0.2) is 46.9 Å². The first-order chi connectivity index (χ1) is 12.8. The van der Waals surface area contributed by atoms with Crippen molar-refractivity contribution >= 4 is 46.8 Å². The quantitative estimate of drug-likeness (QED) is 0.509. The van der Waals surface area contributed by atoms with Gasteiger partial charge in [0.2, 0.25) is 11.8 Å². The molecule has 0 fully saturated rings. The molecule has 0 atom stereocenters. The molecule has 1 aromatic heterocycles. The van der Waals surface area contributed by atoms with E-state index in [1.807, 2.05) is 17.5 Å². The van der Waals surface area contributed by atoms with Gasteiger partial charge in [0, 0.05) is 10.6 Å². The lowest BCUT2D eigenvalue weighted by Gasteiger charge is -2.09. The van der Waals surface area contributed by atoms with Gasteiger partial charge in [-0.3, -0.25) is 9.59 Å². The van der Waals surface area contributed by atoms with Crippen LogP contribution < -0.4 is 15.5 Å². The Hall–Kier alpha value is -2.53. The van der Waals surface area contributed by atoms with Crippen molar-refractivity contribution in [1.29, 1.82) is 0 Å². The molecule has 0 bridgehead atoms. The van der Waals surface area contributed by atoms with Crippen molar-refractivity contribution < 1.29 is 27.5 Å². The summed E-state index contributed by atoms with van der Waals surface area (Å²) in [6, 6.07) is 8.47. The molecule has 27 heavy (non-hydrogen) atoms. The van der Waals surface area contributed by atoms with Crippen LogP contribution in [0, 0.1) is 0 Å². The van der Waals surface area contributed by atoms with Gasteiger partial charge in [-0.2, -0.15) is 5.10 Å². The smallest absolute Gasteiger partial charge is 0.406 e. The maximum atomic E-state index is 12.1. The van der Waals surface area contributed by atoms with Gasteiger partial charge >= 0.3 is 6.36 Å². The second kappa shape index (κ2) is 9.97. The molecular weight excluding hydrogens is 403 g/mol. The molecule has 0 aliphatic carbocycles. The van der Waals surface area contributed by atoms with Crippen LogP contribution in [0.4, 0.5) is 18.9 Å². The van der Waals surface area contributed by atoms with E-state index in [4.69, 9.17) is 0 Å². The third kappa shape index (κ3) is 8.60. The Balaban J connectivity index is 1.66. The molecular formula is C16H14F3N3O3S2. The van der Waals surface area contributed by atoms with Crippen LogP contribution in [0.3, 0.4) is 0 Å². The monoisotopic (exact) mass is 417 g/mol. The number of carbonyl (C=O) groups excluding carboxylic acids is 2. The largest absolute Gasteiger partial charge is 0.573 e. The molecule has 2 aromatic rings. The van der Waals surface area contributed by atoms with Gasteiger partial charge in [0.25, 0.3) is 0 Å². The van der Waals surface area contributed by atoms with E-state index in [1.54, 1.807) is 0 Å². The minimum Gasteiger partial charge on any atom is -0.406 e. The number of nitrogens with one attached hydrogen (secondary N) is 2. The lowest BCUT2D eigenvalue weighted by atomic mass is 10.3. The SMILES string of the molecule is O=C(CSCC(=O)Nc1ccc(OC(F)(F)F)cc1)NN=Cc1cccs1. The van der Waals surface area contributed by atoms with E-state index < -0.39 is 6.36 Å². The number of halogens is 3. The highest BCUT2D eigenvalue weighted by atomic mass is 32.2. The Labute approximate surface area is 160 Å². The highest BCUT2D eigenvalue weighted by Gasteiger charge is 2.30. The molecule has 1 heterocycles. The van der Waals surface area contributed by atoms with Crippen LogP contribution in [-0.2, 0) is 9.59 Å². The van der Waals surface area contributed by atoms with Crippen molar-refractivity contribution in [3.8, 4) is 5.75 Å². The normalized spacial score (nSPS) is 11.4. The lowest BCUT2D eigenvalue weighted by Crippen LogP contribution is -2.21. The number of hydrogen-bond donors (Lipinski definition) is 2. The van der Waals surface area contributed by atoms with Crippen LogP contribution in [0.2, 0.25) is 0 Å². The van der Waals surface area contributed by atoms with Crippen molar-refractivity contribution in [1.82, 2.24) is 5.43 Å². The number of thioether (sulfide) groups is 1. The summed E-state index contributed by atoms with van der Waals surface area (Å²) in [4.78, 5) is 24.3. The molecule has 2 N–H and O–H groups in total. The summed E-state index contributed by atoms with van der Waals surface area (Å²) in [5.41, 5.74) is 2.67. The van der Waals surface area contributed by atoms with E-state index in [9.17, 15) is 22.8 Å². The van der Waals surface area contributed by atoms with E-state index >= 15 is 0 Å². The summed E-state index contributed by atoms with van der Waals surface area (Å²) in [5.74, 6) is -1.08. The third-order valence-electron chi connectivity index (χ3n) is 2.76. The summed E-state index contributed by atoms with van der Waals surface area (Å²) in [6.45, 7) is 0. The van der Waals surface area contributed by atoms with Crippen molar-refractivity contribution in [3.63, 3.8) is 0 Å². The predicted octanol–water partition coefficient (Wildman–Crippen LogP) is 3.47. The molecule has 1 aromatic carbocycles. The first-order valence-electron chi connectivity index (χ1n) is 7.40. The molecule has 144 valence electrons. The van der Waals surface area contributed by atoms with Crippen molar-refractivity contribution in [2.24, 2.45) is 5.10 Å². The lowest BCUT2D eigenvalue weighted by molar-refractivity contribution is -0.274. The van der Waals surface area contributed by atoms with Crippen molar-refractivity contribution in [2.45, 2.75) is 6.36 Å². The first-order valence-corrected chi connectivity index (χ1v) is 9.44. The predicted molar refractivity (Wildman–Crippen MR) is 99.1 cm³/mol. The average Bonchev–Trinajstić information content (AvgIpc) is 3.09. The van der Waals surface area contributed by atoms with E-state index in [0.29, 0.717) is 5.69 Å². The molecule has 2 amide bonds. The van der Waals surface area contributed by atoms with E-state index in [0.717, 1.165) is 28.8 Å². The number of hydrogen-bond acceptors (Lipinski definition) is 6. The zero-order valence-corrected chi connectivity index (χ0v) is 15.3. The average molecular weight is 417 g/mol. The number of ether oxygens (including phenoxy) is 1. The maximum absolute atomic E-state index is 12.1. The van der Waals surface area contributed by atoms with Crippen molar-refractivity contribution in [2.75, 3.05) is 16.8 Å². The summed E-state index contributed by atoms with van der Waals surface area (Å²) in [5, 5.41) is 8.19. The van der Waals surface area contributed by atoms with Gasteiger partial charge in [0.15, 0.2) is 0 Å². The molecule has 2 rings (SSSR count). The minimum atomic E-state index is -4.77. The second-order valence-corrected chi connectivity index (χ2v) is 6.89. The first kappa shape index (κ1) is 20.8. The zero-order valence-electron chi connectivity index (χ0n) is 13.7. The standard InChI is InChI=1S/C16H14F3N3O3S2/c17-16(18,19)25-12-5-3-11(4-6-12)21-14(23)9-26-10-15(24)22-20-8-13-2-1-7-27-13/h1-8H,9-10H2,(H,21,23)(H,22,24). The number of rotatable bonds is 8. The van der Waals surface area contributed by atoms with E-state index in [-0.39, 0.29) is 29.1 Å². The Morgan fingerprint density at radius 2 is 1.85 bits per heavy atom. The number of thiophene rings is 1. The van der Waals surface area contributed by atoms with Gasteiger partial charge in [0.1, 0.15) is 5.75 Å². The molecule has 0 saturated carbocycles. The highest BCUT2D eigenvalue weighted by molar-refractivity contribution is 8.00. The van der Waals surface area contributed by atoms with Gasteiger partial charge in [-0.25, -0.2) is 5.43 Å². The molecule has 0 aliphatic rings. The Morgan fingerprint density at radius 3 is 2.48 bits per heavy atom. The van der Waals surface area contributed by atoms with Crippen LogP contribution in [-0.4, -0.2) is 35.9 Å². The van der Waals surface area contributed by atoms with E-state index in [1.165, 1.54) is 29.7 Å². The van der Waals surface area contributed by atoms with Gasteiger partial charge in [-0.1, -0.05) is 6.07 Å². The van der Waals surface area contributed by atoms with Crippen molar-refractivity contribution in [3.05, 3.63) is 46.7 Å². The molecule has 6 nitrogen and oxygen atoms in total. The third-order valence-corrected chi connectivity index (χ3v) is 4.50. The molecule has 0 saturated heterocycles. The zero-order chi connectivity index (χ0) is 19.7. The molecule has 0 aliphatic heterocycles. The number of benzene rings is 1. The molecule has 0 unspecified atom stereocenters. The second-order valence-electron chi connectivity index (χ2n) is 4.92. The molecule has 0 radical (unpaired) electrons. The number of alkyl halides is 3. The summed E-state index contributed by atoms with van der Waals surface area (Å²) < 4.78 is 39.9. The number of amides is 2. The van der Waals surface area contributed by atoms with E-state index in [2.05, 4.69) is 20.6 Å². The number of hydrazone groups is 1. The fourth-order valence-electron chi connectivity index (χ4n) is 1.74. The molecule has 0 spiro atoms.